The van der Waals surface area contributed by atoms with Crippen molar-refractivity contribution < 1.29 is 9.59 Å². The zero-order chi connectivity index (χ0) is 18.2. The van der Waals surface area contributed by atoms with Crippen LogP contribution in [0.2, 0.25) is 0 Å². The fourth-order valence-electron chi connectivity index (χ4n) is 2.18. The van der Waals surface area contributed by atoms with Gasteiger partial charge < -0.3 is 10.6 Å². The number of amides is 2. The molecular weight excluding hydrogens is 332 g/mol. The molecule has 5 heteroatoms. The second kappa shape index (κ2) is 9.28. The van der Waals surface area contributed by atoms with E-state index in [9.17, 15) is 9.59 Å². The van der Waals surface area contributed by atoms with Crippen LogP contribution in [-0.4, -0.2) is 23.1 Å². The fraction of sp³-hybridized carbons (Fsp3) is 0.300. The standard InChI is InChI=1S/C20H24N2O2S/c1-4-14(2)21-20(24)17-12-8-9-13-18(17)22-19(23)15(3)25-16-10-6-5-7-11-16/h5-15H,4H2,1-3H3,(H,21,24)(H,22,23)/t14-,15-/m0/s1. The fourth-order valence-corrected chi connectivity index (χ4v) is 3.07. The molecule has 0 saturated carbocycles. The second-order valence-electron chi connectivity index (χ2n) is 5.89. The van der Waals surface area contributed by atoms with Gasteiger partial charge >= 0.3 is 0 Å². The molecule has 0 aliphatic carbocycles. The van der Waals surface area contributed by atoms with Gasteiger partial charge in [-0.1, -0.05) is 37.3 Å². The largest absolute Gasteiger partial charge is 0.350 e. The smallest absolute Gasteiger partial charge is 0.253 e. The van der Waals surface area contributed by atoms with Gasteiger partial charge in [0.05, 0.1) is 16.5 Å². The zero-order valence-electron chi connectivity index (χ0n) is 14.8. The average Bonchev–Trinajstić information content (AvgIpc) is 2.62. The highest BCUT2D eigenvalue weighted by atomic mass is 32.2. The summed E-state index contributed by atoms with van der Waals surface area (Å²) in [5, 5.41) is 5.54. The Morgan fingerprint density at radius 2 is 1.64 bits per heavy atom. The first-order valence-electron chi connectivity index (χ1n) is 8.43. The first-order valence-corrected chi connectivity index (χ1v) is 9.31. The van der Waals surface area contributed by atoms with Crippen molar-refractivity contribution in [1.29, 1.82) is 0 Å². The summed E-state index contributed by atoms with van der Waals surface area (Å²) in [5.41, 5.74) is 1.02. The number of carbonyl (C=O) groups is 2. The summed E-state index contributed by atoms with van der Waals surface area (Å²) in [6.45, 7) is 5.83. The van der Waals surface area contributed by atoms with Crippen LogP contribution in [0.3, 0.4) is 0 Å². The van der Waals surface area contributed by atoms with Crippen LogP contribution in [0.4, 0.5) is 5.69 Å². The van der Waals surface area contributed by atoms with Gasteiger partial charge in [-0.25, -0.2) is 0 Å². The number of para-hydroxylation sites is 1. The number of nitrogens with one attached hydrogen (secondary N) is 2. The van der Waals surface area contributed by atoms with Gasteiger partial charge in [0.15, 0.2) is 0 Å². The summed E-state index contributed by atoms with van der Waals surface area (Å²) in [7, 11) is 0. The van der Waals surface area contributed by atoms with Crippen LogP contribution in [-0.2, 0) is 4.79 Å². The van der Waals surface area contributed by atoms with Crippen molar-refractivity contribution in [3.63, 3.8) is 0 Å². The molecule has 0 saturated heterocycles. The van der Waals surface area contributed by atoms with Gasteiger partial charge in [-0.05, 0) is 44.5 Å². The molecule has 0 spiro atoms. The van der Waals surface area contributed by atoms with E-state index in [1.807, 2.05) is 57.2 Å². The SMILES string of the molecule is CC[C@H](C)NC(=O)c1ccccc1NC(=O)[C@H](C)Sc1ccccc1. The van der Waals surface area contributed by atoms with Gasteiger partial charge in [0.2, 0.25) is 5.91 Å². The highest BCUT2D eigenvalue weighted by molar-refractivity contribution is 8.00. The van der Waals surface area contributed by atoms with E-state index in [1.165, 1.54) is 11.8 Å². The molecule has 0 radical (unpaired) electrons. The van der Waals surface area contributed by atoms with Gasteiger partial charge in [-0.3, -0.25) is 9.59 Å². The third-order valence-corrected chi connectivity index (χ3v) is 4.96. The molecular formula is C20H24N2O2S. The summed E-state index contributed by atoms with van der Waals surface area (Å²) in [4.78, 5) is 26.0. The molecule has 2 amide bonds. The topological polar surface area (TPSA) is 58.2 Å². The predicted molar refractivity (Wildman–Crippen MR) is 104 cm³/mol. The molecule has 0 aromatic heterocycles. The lowest BCUT2D eigenvalue weighted by molar-refractivity contribution is -0.115. The van der Waals surface area contributed by atoms with E-state index < -0.39 is 0 Å². The molecule has 2 atom stereocenters. The van der Waals surface area contributed by atoms with Crippen LogP contribution >= 0.6 is 11.8 Å². The minimum absolute atomic E-state index is 0.0869. The van der Waals surface area contributed by atoms with E-state index in [1.54, 1.807) is 18.2 Å². The van der Waals surface area contributed by atoms with Gasteiger partial charge in [0, 0.05) is 10.9 Å². The highest BCUT2D eigenvalue weighted by Gasteiger charge is 2.18. The van der Waals surface area contributed by atoms with Crippen molar-refractivity contribution in [1.82, 2.24) is 5.32 Å². The minimum atomic E-state index is -0.270. The molecule has 0 unspecified atom stereocenters. The second-order valence-corrected chi connectivity index (χ2v) is 7.30. The van der Waals surface area contributed by atoms with Crippen molar-refractivity contribution in [2.45, 2.75) is 43.4 Å². The normalized spacial score (nSPS) is 12.9. The van der Waals surface area contributed by atoms with Crippen molar-refractivity contribution in [3.8, 4) is 0 Å². The summed E-state index contributed by atoms with van der Waals surface area (Å²) < 4.78 is 0. The maximum Gasteiger partial charge on any atom is 0.253 e. The molecule has 4 nitrogen and oxygen atoms in total. The number of rotatable bonds is 7. The Bertz CT molecular complexity index is 719. The van der Waals surface area contributed by atoms with E-state index >= 15 is 0 Å². The van der Waals surface area contributed by atoms with Gasteiger partial charge in [-0.2, -0.15) is 0 Å². The maximum absolute atomic E-state index is 12.5. The quantitative estimate of drug-likeness (QED) is 0.726. The van der Waals surface area contributed by atoms with Crippen LogP contribution in [0.15, 0.2) is 59.5 Å². The molecule has 0 fully saturated rings. The van der Waals surface area contributed by atoms with Crippen molar-refractivity contribution in [2.75, 3.05) is 5.32 Å². The van der Waals surface area contributed by atoms with Crippen LogP contribution in [0.1, 0.15) is 37.6 Å². The summed E-state index contributed by atoms with van der Waals surface area (Å²) in [6, 6.07) is 17.0. The molecule has 0 aliphatic heterocycles. The van der Waals surface area contributed by atoms with Crippen LogP contribution in [0.25, 0.3) is 0 Å². The number of carbonyl (C=O) groups excluding carboxylic acids is 2. The lowest BCUT2D eigenvalue weighted by Gasteiger charge is -2.16. The summed E-state index contributed by atoms with van der Waals surface area (Å²) >= 11 is 1.49. The van der Waals surface area contributed by atoms with Crippen molar-refractivity contribution >= 4 is 29.3 Å². The Hall–Kier alpha value is -2.27. The number of hydrogen-bond donors (Lipinski definition) is 2. The molecule has 2 rings (SSSR count). The molecule has 25 heavy (non-hydrogen) atoms. The number of benzene rings is 2. The number of thioether (sulfide) groups is 1. The number of anilines is 1. The average molecular weight is 356 g/mol. The molecule has 2 aromatic carbocycles. The van der Waals surface area contributed by atoms with Gasteiger partial charge in [-0.15, -0.1) is 11.8 Å². The van der Waals surface area contributed by atoms with Crippen molar-refractivity contribution in [3.05, 3.63) is 60.2 Å². The molecule has 132 valence electrons. The van der Waals surface area contributed by atoms with Crippen LogP contribution < -0.4 is 10.6 Å². The molecule has 2 aromatic rings. The van der Waals surface area contributed by atoms with Crippen LogP contribution in [0, 0.1) is 0 Å². The Morgan fingerprint density at radius 3 is 2.32 bits per heavy atom. The third kappa shape index (κ3) is 5.64. The number of hydrogen-bond acceptors (Lipinski definition) is 3. The van der Waals surface area contributed by atoms with E-state index in [4.69, 9.17) is 0 Å². The zero-order valence-corrected chi connectivity index (χ0v) is 15.6. The molecule has 0 bridgehead atoms. The Morgan fingerprint density at radius 1 is 1.00 bits per heavy atom. The summed E-state index contributed by atoms with van der Waals surface area (Å²) in [6.07, 6.45) is 0.852. The third-order valence-electron chi connectivity index (χ3n) is 3.84. The molecule has 0 aliphatic rings. The Balaban J connectivity index is 2.06. The first-order chi connectivity index (χ1) is 12.0. The van der Waals surface area contributed by atoms with Crippen molar-refractivity contribution in [2.24, 2.45) is 0 Å². The lowest BCUT2D eigenvalue weighted by Crippen LogP contribution is -2.33. The van der Waals surface area contributed by atoms with E-state index in [0.29, 0.717) is 11.3 Å². The lowest BCUT2D eigenvalue weighted by atomic mass is 10.1. The predicted octanol–water partition coefficient (Wildman–Crippen LogP) is 4.33. The maximum atomic E-state index is 12.5. The van der Waals surface area contributed by atoms with Gasteiger partial charge in [0.25, 0.3) is 5.91 Å². The molecule has 2 N–H and O–H groups in total. The minimum Gasteiger partial charge on any atom is -0.350 e. The molecule has 0 heterocycles. The van der Waals surface area contributed by atoms with Gasteiger partial charge in [0.1, 0.15) is 0 Å². The summed E-state index contributed by atoms with van der Waals surface area (Å²) in [5.74, 6) is -0.300. The Kier molecular flexibility index (Phi) is 7.07. The van der Waals surface area contributed by atoms with E-state index in [-0.39, 0.29) is 23.1 Å². The van der Waals surface area contributed by atoms with Crippen LogP contribution in [0.5, 0.6) is 0 Å². The monoisotopic (exact) mass is 356 g/mol. The first kappa shape index (κ1) is 19.1. The Labute approximate surface area is 153 Å². The van der Waals surface area contributed by atoms with E-state index in [2.05, 4.69) is 10.6 Å². The van der Waals surface area contributed by atoms with E-state index in [0.717, 1.165) is 11.3 Å². The highest BCUT2D eigenvalue weighted by Crippen LogP contribution is 2.24.